The molecule has 0 fully saturated rings. The van der Waals surface area contributed by atoms with Crippen molar-refractivity contribution >= 4 is 5.91 Å². The average molecular weight is 337 g/mol. The molecule has 7 heteroatoms. The number of nitrogens with one attached hydrogen (secondary N) is 1. The van der Waals surface area contributed by atoms with Gasteiger partial charge in [-0.05, 0) is 37.6 Å². The van der Waals surface area contributed by atoms with Gasteiger partial charge in [0.15, 0.2) is 5.82 Å². The van der Waals surface area contributed by atoms with E-state index in [0.29, 0.717) is 24.5 Å². The van der Waals surface area contributed by atoms with E-state index in [-0.39, 0.29) is 5.91 Å². The molecular formula is C18H19N5O2. The number of carbonyl (C=O) groups excluding carboxylic acids is 1. The molecule has 0 saturated carbocycles. The number of hydrogen-bond donors (Lipinski definition) is 1. The lowest BCUT2D eigenvalue weighted by Gasteiger charge is -2.11. The number of nitrogens with zero attached hydrogens (tertiary/aromatic N) is 4. The molecule has 0 atom stereocenters. The number of aromatic nitrogens is 4. The quantitative estimate of drug-likeness (QED) is 0.697. The lowest BCUT2D eigenvalue weighted by atomic mass is 10.1. The first-order valence-electron chi connectivity index (χ1n) is 7.93. The summed E-state index contributed by atoms with van der Waals surface area (Å²) in [6.45, 7) is 4.81. The van der Waals surface area contributed by atoms with E-state index in [4.69, 9.17) is 4.74 Å². The molecule has 0 saturated heterocycles. The Balaban J connectivity index is 1.58. The lowest BCUT2D eigenvalue weighted by molar-refractivity contribution is 0.0946. The van der Waals surface area contributed by atoms with Crippen molar-refractivity contribution in [1.82, 2.24) is 25.1 Å². The first-order valence-corrected chi connectivity index (χ1v) is 7.93. The molecule has 0 unspecified atom stereocenters. The number of ether oxygens (including phenoxy) is 1. The molecule has 1 amide bonds. The minimum Gasteiger partial charge on any atom is -0.491 e. The van der Waals surface area contributed by atoms with E-state index >= 15 is 0 Å². The minimum absolute atomic E-state index is 0.233. The molecule has 0 spiro atoms. The highest BCUT2D eigenvalue weighted by atomic mass is 16.5. The summed E-state index contributed by atoms with van der Waals surface area (Å²) in [5.41, 5.74) is 2.70. The van der Waals surface area contributed by atoms with Crippen LogP contribution in [0.25, 0.3) is 5.82 Å². The first kappa shape index (κ1) is 16.6. The third kappa shape index (κ3) is 4.00. The molecule has 2 aromatic heterocycles. The molecular weight excluding hydrogens is 318 g/mol. The van der Waals surface area contributed by atoms with Crippen LogP contribution in [0.5, 0.6) is 5.75 Å². The Morgan fingerprint density at radius 1 is 1.28 bits per heavy atom. The SMILES string of the molecule is Cc1ccc(OCCNC(=O)c2cccnc2-n2cncn2)c(C)c1. The summed E-state index contributed by atoms with van der Waals surface area (Å²) in [7, 11) is 0. The van der Waals surface area contributed by atoms with Gasteiger partial charge in [0.1, 0.15) is 25.0 Å². The normalized spacial score (nSPS) is 10.5. The maximum absolute atomic E-state index is 12.4. The third-order valence-electron chi connectivity index (χ3n) is 3.64. The molecule has 1 aromatic carbocycles. The summed E-state index contributed by atoms with van der Waals surface area (Å²) in [5.74, 6) is 1.03. The molecule has 1 N–H and O–H groups in total. The van der Waals surface area contributed by atoms with Crippen molar-refractivity contribution in [3.63, 3.8) is 0 Å². The Labute approximate surface area is 145 Å². The Kier molecular flexibility index (Phi) is 5.03. The van der Waals surface area contributed by atoms with E-state index in [1.54, 1.807) is 18.3 Å². The van der Waals surface area contributed by atoms with Crippen LogP contribution in [0.4, 0.5) is 0 Å². The lowest BCUT2D eigenvalue weighted by Crippen LogP contribution is -2.29. The molecule has 2 heterocycles. The molecule has 3 aromatic rings. The smallest absolute Gasteiger partial charge is 0.255 e. The topological polar surface area (TPSA) is 81.9 Å². The van der Waals surface area contributed by atoms with Gasteiger partial charge in [0.25, 0.3) is 5.91 Å². The minimum atomic E-state index is -0.233. The number of amides is 1. The van der Waals surface area contributed by atoms with Crippen LogP contribution in [0.3, 0.4) is 0 Å². The second kappa shape index (κ2) is 7.57. The van der Waals surface area contributed by atoms with E-state index < -0.39 is 0 Å². The van der Waals surface area contributed by atoms with Gasteiger partial charge >= 0.3 is 0 Å². The maximum Gasteiger partial charge on any atom is 0.255 e. The fourth-order valence-electron chi connectivity index (χ4n) is 2.46. The van der Waals surface area contributed by atoms with Crippen molar-refractivity contribution in [2.24, 2.45) is 0 Å². The van der Waals surface area contributed by atoms with Gasteiger partial charge in [0.05, 0.1) is 12.1 Å². The summed E-state index contributed by atoms with van der Waals surface area (Å²) in [5, 5.41) is 6.86. The first-order chi connectivity index (χ1) is 12.1. The van der Waals surface area contributed by atoms with Gasteiger partial charge in [-0.1, -0.05) is 17.7 Å². The van der Waals surface area contributed by atoms with Crippen molar-refractivity contribution in [3.8, 4) is 11.6 Å². The van der Waals surface area contributed by atoms with Crippen molar-refractivity contribution in [1.29, 1.82) is 0 Å². The van der Waals surface area contributed by atoms with E-state index in [1.165, 1.54) is 22.9 Å². The highest BCUT2D eigenvalue weighted by molar-refractivity contribution is 5.97. The van der Waals surface area contributed by atoms with Gasteiger partial charge in [0.2, 0.25) is 0 Å². The highest BCUT2D eigenvalue weighted by Gasteiger charge is 2.13. The third-order valence-corrected chi connectivity index (χ3v) is 3.64. The van der Waals surface area contributed by atoms with E-state index in [9.17, 15) is 4.79 Å². The van der Waals surface area contributed by atoms with Crippen molar-refractivity contribution in [2.75, 3.05) is 13.2 Å². The van der Waals surface area contributed by atoms with Crippen LogP contribution < -0.4 is 10.1 Å². The number of benzene rings is 1. The largest absolute Gasteiger partial charge is 0.491 e. The van der Waals surface area contributed by atoms with Crippen molar-refractivity contribution in [3.05, 3.63) is 65.9 Å². The van der Waals surface area contributed by atoms with Gasteiger partial charge < -0.3 is 10.1 Å². The molecule has 0 aliphatic rings. The molecule has 0 aliphatic heterocycles. The van der Waals surface area contributed by atoms with E-state index in [1.807, 2.05) is 26.0 Å². The Morgan fingerprint density at radius 3 is 2.92 bits per heavy atom. The zero-order chi connectivity index (χ0) is 17.6. The monoisotopic (exact) mass is 337 g/mol. The Hall–Kier alpha value is -3.22. The van der Waals surface area contributed by atoms with Crippen molar-refractivity contribution in [2.45, 2.75) is 13.8 Å². The summed E-state index contributed by atoms with van der Waals surface area (Å²) in [4.78, 5) is 20.5. The number of pyridine rings is 1. The van der Waals surface area contributed by atoms with Crippen molar-refractivity contribution < 1.29 is 9.53 Å². The van der Waals surface area contributed by atoms with Gasteiger partial charge in [-0.3, -0.25) is 4.79 Å². The molecule has 128 valence electrons. The molecule has 0 aliphatic carbocycles. The van der Waals surface area contributed by atoms with Crippen LogP contribution in [-0.4, -0.2) is 38.8 Å². The number of rotatable bonds is 6. The summed E-state index contributed by atoms with van der Waals surface area (Å²) < 4.78 is 7.18. The van der Waals surface area contributed by atoms with Gasteiger partial charge in [-0.2, -0.15) is 5.10 Å². The fourth-order valence-corrected chi connectivity index (χ4v) is 2.46. The van der Waals surface area contributed by atoms with Crippen LogP contribution in [-0.2, 0) is 0 Å². The molecule has 7 nitrogen and oxygen atoms in total. The molecule has 25 heavy (non-hydrogen) atoms. The summed E-state index contributed by atoms with van der Waals surface area (Å²) in [6, 6.07) is 9.41. The molecule has 3 rings (SSSR count). The van der Waals surface area contributed by atoms with Crippen LogP contribution in [0.2, 0.25) is 0 Å². The predicted octanol–water partition coefficient (Wildman–Crippen LogP) is 2.09. The van der Waals surface area contributed by atoms with E-state index in [2.05, 4.69) is 26.4 Å². The second-order valence-electron chi connectivity index (χ2n) is 5.59. The average Bonchev–Trinajstić information content (AvgIpc) is 3.14. The Morgan fingerprint density at radius 2 is 2.16 bits per heavy atom. The zero-order valence-corrected chi connectivity index (χ0v) is 14.1. The summed E-state index contributed by atoms with van der Waals surface area (Å²) in [6.07, 6.45) is 4.51. The molecule has 0 bridgehead atoms. The van der Waals surface area contributed by atoms with Crippen LogP contribution in [0, 0.1) is 13.8 Å². The number of hydrogen-bond acceptors (Lipinski definition) is 5. The standard InChI is InChI=1S/C18H19N5O2/c1-13-5-6-16(14(2)10-13)25-9-8-21-18(24)15-4-3-7-20-17(15)23-12-19-11-22-23/h3-7,10-12H,8-9H2,1-2H3,(H,21,24). The second-order valence-corrected chi connectivity index (χ2v) is 5.59. The maximum atomic E-state index is 12.4. The van der Waals surface area contributed by atoms with Crippen LogP contribution >= 0.6 is 0 Å². The van der Waals surface area contributed by atoms with Gasteiger partial charge in [0, 0.05) is 6.20 Å². The predicted molar refractivity (Wildman–Crippen MR) is 92.9 cm³/mol. The zero-order valence-electron chi connectivity index (χ0n) is 14.1. The van der Waals surface area contributed by atoms with Crippen LogP contribution in [0.1, 0.15) is 21.5 Å². The highest BCUT2D eigenvalue weighted by Crippen LogP contribution is 2.18. The fraction of sp³-hybridized carbons (Fsp3) is 0.222. The number of aryl methyl sites for hydroxylation is 2. The van der Waals surface area contributed by atoms with E-state index in [0.717, 1.165) is 11.3 Å². The van der Waals surface area contributed by atoms with Gasteiger partial charge in [-0.15, -0.1) is 0 Å². The Bertz CT molecular complexity index is 862. The summed E-state index contributed by atoms with van der Waals surface area (Å²) >= 11 is 0. The van der Waals surface area contributed by atoms with Crippen LogP contribution in [0.15, 0.2) is 49.2 Å². The molecule has 0 radical (unpaired) electrons. The van der Waals surface area contributed by atoms with Gasteiger partial charge in [-0.25, -0.2) is 14.6 Å². The number of carbonyl (C=O) groups is 1.